The lowest BCUT2D eigenvalue weighted by Gasteiger charge is -2.14. The molecule has 4 aromatic rings. The summed E-state index contributed by atoms with van der Waals surface area (Å²) in [6.07, 6.45) is 0. The van der Waals surface area contributed by atoms with Crippen LogP contribution < -0.4 is 24.2 Å². The number of H-pyrrole nitrogens is 1. The Kier molecular flexibility index (Phi) is 5.98. The highest BCUT2D eigenvalue weighted by molar-refractivity contribution is 7.93. The number of rotatable bonds is 9. The van der Waals surface area contributed by atoms with Crippen molar-refractivity contribution < 1.29 is 32.3 Å². The number of sulfonamides is 1. The normalized spacial score (nSPS) is 11.4. The minimum absolute atomic E-state index is 0.0369. The van der Waals surface area contributed by atoms with E-state index in [1.165, 1.54) is 33.5 Å². The topological polar surface area (TPSA) is 161 Å². The maximum Gasteiger partial charge on any atom is 0.270 e. The van der Waals surface area contributed by atoms with Gasteiger partial charge in [0.25, 0.3) is 10.0 Å². The number of aromatic amines is 1. The van der Waals surface area contributed by atoms with Gasteiger partial charge in [-0.05, 0) is 18.2 Å². The fourth-order valence-corrected chi connectivity index (χ4v) is 4.55. The van der Waals surface area contributed by atoms with Crippen molar-refractivity contribution in [3.8, 4) is 17.2 Å². The van der Waals surface area contributed by atoms with Gasteiger partial charge in [0, 0.05) is 12.1 Å². The number of hydrogen-bond acceptors (Lipinski definition) is 10. The highest BCUT2D eigenvalue weighted by Gasteiger charge is 2.27. The van der Waals surface area contributed by atoms with Gasteiger partial charge < -0.3 is 29.2 Å². The average molecular weight is 475 g/mol. The Bertz CT molecular complexity index is 1380. The Morgan fingerprint density at radius 2 is 1.76 bits per heavy atom. The van der Waals surface area contributed by atoms with E-state index in [1.807, 2.05) is 0 Å². The summed E-state index contributed by atoms with van der Waals surface area (Å²) >= 11 is 0. The molecule has 0 aliphatic heterocycles. The standard InChI is InChI=1S/C20H21N5O7S/c1-29-14-5-4-6-15(30-2)19(14)33(27,28)25-20-12-8-17(31-3)13(9-16(12)32-24-20)21-18-7-11(10-26)22-23-18/h4-9,26H,10H2,1-3H3,(H,24,25)(H2,21,22,23). The molecule has 4 N–H and O–H groups in total. The van der Waals surface area contributed by atoms with E-state index in [0.717, 1.165) is 0 Å². The van der Waals surface area contributed by atoms with E-state index in [1.54, 1.807) is 24.3 Å². The van der Waals surface area contributed by atoms with Crippen LogP contribution in [0.4, 0.5) is 17.3 Å². The Hall–Kier alpha value is -3.97. The molecule has 2 heterocycles. The van der Waals surface area contributed by atoms with E-state index in [2.05, 4.69) is 25.4 Å². The van der Waals surface area contributed by atoms with Gasteiger partial charge in [-0.15, -0.1) is 0 Å². The third kappa shape index (κ3) is 4.23. The van der Waals surface area contributed by atoms with Crippen LogP contribution in [0, 0.1) is 0 Å². The number of ether oxygens (including phenoxy) is 3. The lowest BCUT2D eigenvalue weighted by molar-refractivity contribution is 0.276. The molecule has 0 amide bonds. The molecular formula is C20H21N5O7S. The lowest BCUT2D eigenvalue weighted by Crippen LogP contribution is -2.15. The third-order valence-corrected chi connectivity index (χ3v) is 6.14. The number of benzene rings is 2. The predicted octanol–water partition coefficient (Wildman–Crippen LogP) is 2.61. The summed E-state index contributed by atoms with van der Waals surface area (Å²) in [7, 11) is 0.0353. The summed E-state index contributed by atoms with van der Waals surface area (Å²) in [6, 6.07) is 9.43. The Morgan fingerprint density at radius 3 is 2.36 bits per heavy atom. The molecule has 33 heavy (non-hydrogen) atoms. The molecule has 0 spiro atoms. The van der Waals surface area contributed by atoms with Crippen molar-refractivity contribution in [3.05, 3.63) is 42.1 Å². The number of fused-ring (bicyclic) bond motifs is 1. The molecule has 0 fully saturated rings. The monoisotopic (exact) mass is 475 g/mol. The number of aliphatic hydroxyl groups is 1. The molecule has 174 valence electrons. The molecule has 13 heteroatoms. The largest absolute Gasteiger partial charge is 0.495 e. The van der Waals surface area contributed by atoms with Crippen LogP contribution in [-0.4, -0.2) is 50.2 Å². The van der Waals surface area contributed by atoms with Crippen LogP contribution in [0.1, 0.15) is 5.69 Å². The molecule has 0 radical (unpaired) electrons. The number of anilines is 3. The zero-order valence-corrected chi connectivity index (χ0v) is 18.7. The zero-order valence-electron chi connectivity index (χ0n) is 17.9. The first kappa shape index (κ1) is 22.2. The number of aliphatic hydroxyl groups excluding tert-OH is 1. The van der Waals surface area contributed by atoms with Crippen molar-refractivity contribution in [2.24, 2.45) is 0 Å². The first-order valence-electron chi connectivity index (χ1n) is 9.53. The van der Waals surface area contributed by atoms with Crippen LogP contribution in [0.5, 0.6) is 17.2 Å². The zero-order chi connectivity index (χ0) is 23.6. The van der Waals surface area contributed by atoms with Crippen molar-refractivity contribution in [1.29, 1.82) is 0 Å². The molecule has 2 aromatic carbocycles. The SMILES string of the molecule is COc1cc2c(NS(=O)(=O)c3c(OC)cccc3OC)noc2cc1Nc1cc(CO)[nH]n1. The molecule has 0 saturated carbocycles. The highest BCUT2D eigenvalue weighted by atomic mass is 32.2. The number of aromatic nitrogens is 3. The Morgan fingerprint density at radius 1 is 1.06 bits per heavy atom. The van der Waals surface area contributed by atoms with Gasteiger partial charge in [0.05, 0.1) is 44.7 Å². The molecule has 0 atom stereocenters. The van der Waals surface area contributed by atoms with E-state index >= 15 is 0 Å². The second-order valence-corrected chi connectivity index (χ2v) is 8.36. The molecule has 0 bridgehead atoms. The van der Waals surface area contributed by atoms with Gasteiger partial charge in [-0.25, -0.2) is 8.42 Å². The smallest absolute Gasteiger partial charge is 0.270 e. The van der Waals surface area contributed by atoms with Crippen molar-refractivity contribution >= 4 is 38.3 Å². The maximum atomic E-state index is 13.2. The molecular weight excluding hydrogens is 454 g/mol. The van der Waals surface area contributed by atoms with Crippen LogP contribution in [0.2, 0.25) is 0 Å². The third-order valence-electron chi connectivity index (χ3n) is 4.74. The van der Waals surface area contributed by atoms with Gasteiger partial charge in [-0.1, -0.05) is 11.2 Å². The second-order valence-electron chi connectivity index (χ2n) is 6.74. The van der Waals surface area contributed by atoms with Crippen LogP contribution in [0.25, 0.3) is 11.0 Å². The fraction of sp³-hybridized carbons (Fsp3) is 0.200. The van der Waals surface area contributed by atoms with Gasteiger partial charge >= 0.3 is 0 Å². The van der Waals surface area contributed by atoms with Gasteiger partial charge in [-0.3, -0.25) is 9.82 Å². The van der Waals surface area contributed by atoms with Gasteiger partial charge in [-0.2, -0.15) is 5.10 Å². The molecule has 4 rings (SSSR count). The second kappa shape index (κ2) is 8.88. The summed E-state index contributed by atoms with van der Waals surface area (Å²) in [4.78, 5) is -0.172. The fourth-order valence-electron chi connectivity index (χ4n) is 3.21. The molecule has 0 saturated heterocycles. The van der Waals surface area contributed by atoms with Crippen LogP contribution in [-0.2, 0) is 16.6 Å². The minimum Gasteiger partial charge on any atom is -0.495 e. The first-order chi connectivity index (χ1) is 15.9. The maximum absolute atomic E-state index is 13.2. The summed E-state index contributed by atoms with van der Waals surface area (Å²) in [5.74, 6) is 1.01. The first-order valence-corrected chi connectivity index (χ1v) is 11.0. The molecule has 0 unspecified atom stereocenters. The van der Waals surface area contributed by atoms with Gasteiger partial charge in [0.15, 0.2) is 22.1 Å². The van der Waals surface area contributed by atoms with E-state index in [9.17, 15) is 13.5 Å². The average Bonchev–Trinajstić information content (AvgIpc) is 3.44. The van der Waals surface area contributed by atoms with Crippen molar-refractivity contribution in [1.82, 2.24) is 15.4 Å². The summed E-state index contributed by atoms with van der Waals surface area (Å²) in [6.45, 7) is -0.187. The minimum atomic E-state index is -4.16. The van der Waals surface area contributed by atoms with Crippen molar-refractivity contribution in [2.45, 2.75) is 11.5 Å². The lowest BCUT2D eigenvalue weighted by atomic mass is 10.2. The van der Waals surface area contributed by atoms with E-state index < -0.39 is 10.0 Å². The van der Waals surface area contributed by atoms with Crippen LogP contribution in [0.3, 0.4) is 0 Å². The van der Waals surface area contributed by atoms with Crippen LogP contribution in [0.15, 0.2) is 45.8 Å². The molecule has 0 aliphatic rings. The summed E-state index contributed by atoms with van der Waals surface area (Å²) in [5.41, 5.74) is 1.32. The van der Waals surface area contributed by atoms with E-state index in [4.69, 9.17) is 18.7 Å². The number of nitrogens with one attached hydrogen (secondary N) is 3. The van der Waals surface area contributed by atoms with Gasteiger partial charge in [0.2, 0.25) is 0 Å². The highest BCUT2D eigenvalue weighted by Crippen LogP contribution is 2.38. The van der Waals surface area contributed by atoms with E-state index in [0.29, 0.717) is 33.9 Å². The predicted molar refractivity (Wildman–Crippen MR) is 119 cm³/mol. The quantitative estimate of drug-likeness (QED) is 0.283. The Balaban J connectivity index is 1.71. The summed E-state index contributed by atoms with van der Waals surface area (Å²) < 4.78 is 49.9. The molecule has 0 aliphatic carbocycles. The number of nitrogens with zero attached hydrogens (tertiary/aromatic N) is 2. The Labute approximate surface area is 188 Å². The van der Waals surface area contributed by atoms with Crippen LogP contribution >= 0.6 is 0 Å². The van der Waals surface area contributed by atoms with Crippen molar-refractivity contribution in [3.63, 3.8) is 0 Å². The number of hydrogen-bond donors (Lipinski definition) is 4. The summed E-state index contributed by atoms with van der Waals surface area (Å²) in [5, 5.41) is 23.2. The number of methoxy groups -OCH3 is 3. The van der Waals surface area contributed by atoms with E-state index in [-0.39, 0.29) is 28.8 Å². The van der Waals surface area contributed by atoms with Gasteiger partial charge in [0.1, 0.15) is 17.2 Å². The van der Waals surface area contributed by atoms with Crippen molar-refractivity contribution in [2.75, 3.05) is 31.4 Å². The molecule has 12 nitrogen and oxygen atoms in total. The molecule has 2 aromatic heterocycles.